The Morgan fingerprint density at radius 2 is 2.04 bits per heavy atom. The Bertz CT molecular complexity index is 737. The highest BCUT2D eigenvalue weighted by Gasteiger charge is 2.51. The third-order valence-electron chi connectivity index (χ3n) is 4.43. The van der Waals surface area contributed by atoms with Crippen LogP contribution in [0.4, 0.5) is 14.9 Å². The third kappa shape index (κ3) is 3.10. The number of pyridine rings is 1. The third-order valence-corrected chi connectivity index (χ3v) is 4.69. The molecule has 0 spiro atoms. The van der Waals surface area contributed by atoms with E-state index in [9.17, 15) is 14.0 Å². The average Bonchev–Trinajstić information content (AvgIpc) is 2.80. The average molecular weight is 371 g/mol. The number of aromatic nitrogens is 1. The second-order valence-electron chi connectivity index (χ2n) is 7.24. The zero-order valence-electron chi connectivity index (χ0n) is 14.3. The van der Waals surface area contributed by atoms with Crippen LogP contribution >= 0.6 is 11.6 Å². The number of ether oxygens (including phenoxy) is 1. The minimum atomic E-state index is -0.897. The molecule has 136 valence electrons. The van der Waals surface area contributed by atoms with E-state index in [-0.39, 0.29) is 34.6 Å². The number of carbonyl (C=O) groups is 2. The van der Waals surface area contributed by atoms with E-state index in [4.69, 9.17) is 22.1 Å². The molecule has 9 heteroatoms. The number of fused-ring (bicyclic) bond motifs is 1. The molecule has 2 atom stereocenters. The molecule has 0 radical (unpaired) electrons. The van der Waals surface area contributed by atoms with Crippen molar-refractivity contribution in [2.75, 3.05) is 18.8 Å². The summed E-state index contributed by atoms with van der Waals surface area (Å²) in [5.41, 5.74) is 4.75. The first-order valence-electron chi connectivity index (χ1n) is 8.00. The largest absolute Gasteiger partial charge is 0.444 e. The van der Waals surface area contributed by atoms with Crippen LogP contribution in [-0.2, 0) is 4.74 Å². The van der Waals surface area contributed by atoms with Gasteiger partial charge in [0.15, 0.2) is 11.0 Å². The van der Waals surface area contributed by atoms with E-state index in [0.717, 1.165) is 0 Å². The van der Waals surface area contributed by atoms with Crippen molar-refractivity contribution in [1.82, 2.24) is 14.8 Å². The number of halogens is 2. The van der Waals surface area contributed by atoms with Crippen LogP contribution in [0.1, 0.15) is 37.6 Å². The molecule has 0 aromatic carbocycles. The van der Waals surface area contributed by atoms with Gasteiger partial charge in [-0.25, -0.2) is 14.2 Å². The lowest BCUT2D eigenvalue weighted by molar-refractivity contribution is -0.00675. The van der Waals surface area contributed by atoms with Gasteiger partial charge in [0.1, 0.15) is 5.60 Å². The van der Waals surface area contributed by atoms with E-state index in [1.54, 1.807) is 30.6 Å². The van der Waals surface area contributed by atoms with Gasteiger partial charge in [0.25, 0.3) is 5.91 Å². The Hall–Kier alpha value is -2.09. The van der Waals surface area contributed by atoms with Crippen LogP contribution in [0.15, 0.2) is 6.20 Å². The van der Waals surface area contributed by atoms with E-state index in [0.29, 0.717) is 19.5 Å². The van der Waals surface area contributed by atoms with Crippen molar-refractivity contribution in [1.29, 1.82) is 0 Å². The number of amides is 2. The Morgan fingerprint density at radius 1 is 1.36 bits per heavy atom. The highest BCUT2D eigenvalue weighted by atomic mass is 35.5. The predicted molar refractivity (Wildman–Crippen MR) is 89.8 cm³/mol. The molecule has 2 aliphatic heterocycles. The number of nitrogens with zero attached hydrogens (tertiary/aromatic N) is 3. The zero-order valence-corrected chi connectivity index (χ0v) is 15.0. The maximum Gasteiger partial charge on any atom is 0.410 e. The predicted octanol–water partition coefficient (Wildman–Crippen LogP) is 2.29. The van der Waals surface area contributed by atoms with Crippen molar-refractivity contribution < 1.29 is 18.7 Å². The maximum absolute atomic E-state index is 13.8. The van der Waals surface area contributed by atoms with E-state index in [2.05, 4.69) is 4.98 Å². The lowest BCUT2D eigenvalue weighted by Crippen LogP contribution is -2.64. The van der Waals surface area contributed by atoms with Crippen molar-refractivity contribution in [2.45, 2.75) is 44.9 Å². The molecule has 2 saturated heterocycles. The number of anilines is 1. The van der Waals surface area contributed by atoms with Gasteiger partial charge in [-0.3, -0.25) is 4.79 Å². The van der Waals surface area contributed by atoms with Crippen molar-refractivity contribution in [3.63, 3.8) is 0 Å². The van der Waals surface area contributed by atoms with Gasteiger partial charge in [-0.1, -0.05) is 11.6 Å². The highest BCUT2D eigenvalue weighted by molar-refractivity contribution is 6.30. The maximum atomic E-state index is 13.8. The van der Waals surface area contributed by atoms with Crippen molar-refractivity contribution in [3.05, 3.63) is 22.7 Å². The second-order valence-corrected chi connectivity index (χ2v) is 7.60. The number of carbonyl (C=O) groups excluding carboxylic acids is 2. The Labute approximate surface area is 149 Å². The number of hydrogen-bond acceptors (Lipinski definition) is 5. The lowest BCUT2D eigenvalue weighted by Gasteiger charge is -2.46. The summed E-state index contributed by atoms with van der Waals surface area (Å²) in [4.78, 5) is 31.7. The summed E-state index contributed by atoms with van der Waals surface area (Å²) in [5, 5.41) is -0.368. The summed E-state index contributed by atoms with van der Waals surface area (Å²) in [7, 11) is 0. The van der Waals surface area contributed by atoms with Crippen LogP contribution in [0, 0.1) is 5.82 Å². The fraction of sp³-hybridized carbons (Fsp3) is 0.562. The molecule has 2 N–H and O–H groups in total. The van der Waals surface area contributed by atoms with Crippen molar-refractivity contribution >= 4 is 29.3 Å². The molecule has 3 rings (SSSR count). The van der Waals surface area contributed by atoms with Gasteiger partial charge in [0, 0.05) is 19.3 Å². The number of nitrogen functional groups attached to an aromatic ring is 1. The number of nitrogens with two attached hydrogens (primary N) is 1. The molecular formula is C16H20ClFN4O3. The first kappa shape index (κ1) is 17.7. The first-order valence-corrected chi connectivity index (χ1v) is 8.38. The van der Waals surface area contributed by atoms with Crippen molar-refractivity contribution in [2.24, 2.45) is 0 Å². The summed E-state index contributed by atoms with van der Waals surface area (Å²) < 4.78 is 19.2. The first-order chi connectivity index (χ1) is 11.6. The Morgan fingerprint density at radius 3 is 2.68 bits per heavy atom. The van der Waals surface area contributed by atoms with Gasteiger partial charge in [0.05, 0.1) is 23.3 Å². The number of likely N-dealkylation sites (tertiary alicyclic amines) is 2. The van der Waals surface area contributed by atoms with Gasteiger partial charge in [-0.2, -0.15) is 0 Å². The summed E-state index contributed by atoms with van der Waals surface area (Å²) in [6.07, 6.45) is 1.43. The Kier molecular flexibility index (Phi) is 4.26. The van der Waals surface area contributed by atoms with Crippen LogP contribution in [0.5, 0.6) is 0 Å². The number of rotatable bonds is 1. The normalized spacial score (nSPS) is 22.4. The molecule has 7 nitrogen and oxygen atoms in total. The molecule has 2 aliphatic rings. The molecule has 0 bridgehead atoms. The minimum absolute atomic E-state index is 0.0175. The van der Waals surface area contributed by atoms with Gasteiger partial charge < -0.3 is 20.3 Å². The fourth-order valence-electron chi connectivity index (χ4n) is 3.20. The van der Waals surface area contributed by atoms with E-state index >= 15 is 0 Å². The van der Waals surface area contributed by atoms with Gasteiger partial charge in [-0.05, 0) is 27.2 Å². The lowest BCUT2D eigenvalue weighted by atomic mass is 9.96. The molecule has 25 heavy (non-hydrogen) atoms. The molecular weight excluding hydrogens is 351 g/mol. The SMILES string of the molecule is CC(C)(C)OC(=O)N1CC[C@@H]2[C@H]1CN2C(=O)c1cnc(Cl)c(F)c1N. The second kappa shape index (κ2) is 6.01. The monoisotopic (exact) mass is 370 g/mol. The molecule has 0 saturated carbocycles. The van der Waals surface area contributed by atoms with E-state index < -0.39 is 17.3 Å². The molecule has 1 aromatic rings. The molecule has 3 heterocycles. The van der Waals surface area contributed by atoms with E-state index in [1.807, 2.05) is 0 Å². The van der Waals surface area contributed by atoms with Crippen molar-refractivity contribution in [3.8, 4) is 0 Å². The summed E-state index contributed by atoms with van der Waals surface area (Å²) >= 11 is 5.56. The number of hydrogen-bond donors (Lipinski definition) is 1. The Balaban J connectivity index is 1.70. The van der Waals surface area contributed by atoms with Crippen LogP contribution in [0.25, 0.3) is 0 Å². The molecule has 1 aromatic heterocycles. The van der Waals surface area contributed by atoms with Gasteiger partial charge in [-0.15, -0.1) is 0 Å². The summed E-state index contributed by atoms with van der Waals surface area (Å²) in [5.74, 6) is -1.31. The zero-order chi connectivity index (χ0) is 18.5. The molecule has 0 aliphatic carbocycles. The van der Waals surface area contributed by atoms with Crippen LogP contribution in [0.2, 0.25) is 5.15 Å². The molecule has 2 amide bonds. The van der Waals surface area contributed by atoms with Crippen LogP contribution in [0.3, 0.4) is 0 Å². The van der Waals surface area contributed by atoms with Crippen LogP contribution < -0.4 is 5.73 Å². The summed E-state index contributed by atoms with van der Waals surface area (Å²) in [6.45, 7) is 6.28. The fourth-order valence-corrected chi connectivity index (χ4v) is 3.35. The van der Waals surface area contributed by atoms with Gasteiger partial charge in [0.2, 0.25) is 0 Å². The van der Waals surface area contributed by atoms with Crippen LogP contribution in [-0.4, -0.2) is 57.6 Å². The minimum Gasteiger partial charge on any atom is -0.444 e. The quantitative estimate of drug-likeness (QED) is 0.766. The standard InChI is InChI=1S/C16H20ClFN4O3/c1-16(2,3)25-15(24)21-5-4-9-10(21)7-22(9)14(23)8-6-20-13(17)11(18)12(8)19/h6,9-10H,4-5,7H2,1-3H3,(H2,19,20)/t9-,10-/m1/s1. The summed E-state index contributed by atoms with van der Waals surface area (Å²) in [6, 6.07) is -0.219. The van der Waals surface area contributed by atoms with E-state index in [1.165, 1.54) is 6.20 Å². The van der Waals surface area contributed by atoms with Gasteiger partial charge >= 0.3 is 6.09 Å². The highest BCUT2D eigenvalue weighted by Crippen LogP contribution is 2.35. The topological polar surface area (TPSA) is 88.8 Å². The molecule has 2 fully saturated rings. The smallest absolute Gasteiger partial charge is 0.410 e. The molecule has 0 unspecified atom stereocenters.